The van der Waals surface area contributed by atoms with E-state index in [1.54, 1.807) is 4.90 Å². The van der Waals surface area contributed by atoms with Gasteiger partial charge in [-0.3, -0.25) is 19.2 Å². The number of nitrogens with zero attached hydrogens (tertiary/aromatic N) is 1. The number of nitrogens with one attached hydrogen (secondary N) is 2. The van der Waals surface area contributed by atoms with Crippen LogP contribution < -0.4 is 16.4 Å². The Hall–Kier alpha value is -3.43. The van der Waals surface area contributed by atoms with Crippen LogP contribution in [-0.4, -0.2) is 65.8 Å². The van der Waals surface area contributed by atoms with E-state index in [1.807, 2.05) is 38.1 Å². The maximum Gasteiger partial charge on any atom is 0.407 e. The number of fused-ring (bicyclic) bond motifs is 2. The number of alkyl carbamates (subject to hydrolysis) is 1. The third kappa shape index (κ3) is 5.97. The fraction of sp³-hybridized carbons (Fsp3) is 0.645. The number of carbonyl (C=O) groups is 5. The van der Waals surface area contributed by atoms with Gasteiger partial charge in [0, 0.05) is 6.54 Å². The molecule has 5 atom stereocenters. The Morgan fingerprint density at radius 3 is 2.24 bits per heavy atom. The van der Waals surface area contributed by atoms with Gasteiger partial charge in [0.25, 0.3) is 5.91 Å². The SMILES string of the molecule is CC(C)COC(=O)N[C@H](C(=O)N1C[C@@H]2[C@H]([C@H]1C(=O)NC(CC1CC1)C(=O)C(N)=O)C2(C)C)C1Cc2ccccc2C1. The molecule has 0 spiro atoms. The molecule has 41 heavy (non-hydrogen) atoms. The fourth-order valence-corrected chi connectivity index (χ4v) is 6.96. The molecule has 3 fully saturated rings. The number of amides is 4. The summed E-state index contributed by atoms with van der Waals surface area (Å²) in [5, 5.41) is 5.64. The molecule has 0 bridgehead atoms. The lowest BCUT2D eigenvalue weighted by Crippen LogP contribution is -2.59. The molecule has 4 aliphatic rings. The number of likely N-dealkylation sites (tertiary alicyclic amines) is 1. The average Bonchev–Trinajstić information content (AvgIpc) is 3.67. The highest BCUT2D eigenvalue weighted by Crippen LogP contribution is 2.65. The van der Waals surface area contributed by atoms with Crippen LogP contribution >= 0.6 is 0 Å². The first-order valence-corrected chi connectivity index (χ1v) is 14.8. The fourth-order valence-electron chi connectivity index (χ4n) is 6.96. The van der Waals surface area contributed by atoms with Crippen molar-refractivity contribution in [1.82, 2.24) is 15.5 Å². The Balaban J connectivity index is 1.38. The second-order valence-electron chi connectivity index (χ2n) is 13.4. The zero-order chi connectivity index (χ0) is 29.6. The molecule has 4 amide bonds. The van der Waals surface area contributed by atoms with Gasteiger partial charge in [0.1, 0.15) is 12.1 Å². The maximum absolute atomic E-state index is 14.3. The lowest BCUT2D eigenvalue weighted by molar-refractivity contribution is -0.144. The summed E-state index contributed by atoms with van der Waals surface area (Å²) in [6, 6.07) is 5.29. The summed E-state index contributed by atoms with van der Waals surface area (Å²) >= 11 is 0. The molecule has 1 aromatic rings. The molecule has 1 unspecified atom stereocenters. The third-order valence-electron chi connectivity index (χ3n) is 9.54. The van der Waals surface area contributed by atoms with E-state index in [0.717, 1.165) is 24.0 Å². The van der Waals surface area contributed by atoms with Crippen LogP contribution in [0.1, 0.15) is 58.1 Å². The van der Waals surface area contributed by atoms with Crippen molar-refractivity contribution >= 4 is 29.6 Å². The van der Waals surface area contributed by atoms with Crippen LogP contribution in [0, 0.1) is 35.0 Å². The van der Waals surface area contributed by atoms with Gasteiger partial charge in [0.05, 0.1) is 12.6 Å². The zero-order valence-electron chi connectivity index (χ0n) is 24.4. The number of nitrogens with two attached hydrogens (primary N) is 1. The van der Waals surface area contributed by atoms with Crippen LogP contribution in [0.15, 0.2) is 24.3 Å². The molecule has 0 aromatic heterocycles. The molecule has 5 rings (SSSR count). The highest BCUT2D eigenvalue weighted by Gasteiger charge is 2.69. The zero-order valence-corrected chi connectivity index (χ0v) is 24.4. The number of benzene rings is 1. The minimum Gasteiger partial charge on any atom is -0.449 e. The number of primary amides is 1. The minimum atomic E-state index is -1.08. The van der Waals surface area contributed by atoms with Crippen LogP contribution in [0.5, 0.6) is 0 Å². The smallest absolute Gasteiger partial charge is 0.407 e. The molecule has 1 aromatic carbocycles. The summed E-state index contributed by atoms with van der Waals surface area (Å²) in [5.74, 6) is -2.44. The first-order valence-electron chi connectivity index (χ1n) is 14.8. The minimum absolute atomic E-state index is 0.0916. The average molecular weight is 567 g/mol. The lowest BCUT2D eigenvalue weighted by atomic mass is 9.93. The Kier molecular flexibility index (Phi) is 7.87. The lowest BCUT2D eigenvalue weighted by Gasteiger charge is -2.35. The normalized spacial score (nSPS) is 25.6. The van der Waals surface area contributed by atoms with Crippen molar-refractivity contribution in [2.24, 2.45) is 40.7 Å². The van der Waals surface area contributed by atoms with Crippen LogP contribution in [0.4, 0.5) is 4.79 Å². The van der Waals surface area contributed by atoms with E-state index in [1.165, 1.54) is 0 Å². The Morgan fingerprint density at radius 2 is 1.68 bits per heavy atom. The van der Waals surface area contributed by atoms with Crippen LogP contribution in [0.3, 0.4) is 0 Å². The molecular weight excluding hydrogens is 524 g/mol. The van der Waals surface area contributed by atoms with E-state index >= 15 is 0 Å². The van der Waals surface area contributed by atoms with Crippen molar-refractivity contribution < 1.29 is 28.7 Å². The van der Waals surface area contributed by atoms with Gasteiger partial charge >= 0.3 is 6.09 Å². The summed E-state index contributed by atoms with van der Waals surface area (Å²) in [7, 11) is 0. The van der Waals surface area contributed by atoms with Gasteiger partial charge in [0.2, 0.25) is 17.6 Å². The van der Waals surface area contributed by atoms with Crippen LogP contribution in [0.2, 0.25) is 0 Å². The number of ketones is 1. The highest BCUT2D eigenvalue weighted by molar-refractivity contribution is 6.37. The Labute approximate surface area is 241 Å². The molecule has 10 nitrogen and oxygen atoms in total. The summed E-state index contributed by atoms with van der Waals surface area (Å²) in [5.41, 5.74) is 7.42. The van der Waals surface area contributed by atoms with Crippen molar-refractivity contribution in [3.63, 3.8) is 0 Å². The molecule has 2 saturated carbocycles. The number of piperidine rings is 1. The van der Waals surface area contributed by atoms with Crippen molar-refractivity contribution in [2.75, 3.05) is 13.2 Å². The van der Waals surface area contributed by atoms with Gasteiger partial charge in [-0.15, -0.1) is 0 Å². The number of hydrogen-bond acceptors (Lipinski definition) is 6. The molecule has 1 heterocycles. The third-order valence-corrected chi connectivity index (χ3v) is 9.54. The molecule has 222 valence electrons. The van der Waals surface area contributed by atoms with E-state index in [9.17, 15) is 24.0 Å². The first-order chi connectivity index (χ1) is 19.4. The number of rotatable bonds is 11. The van der Waals surface area contributed by atoms with Crippen molar-refractivity contribution in [3.05, 3.63) is 35.4 Å². The first kappa shape index (κ1) is 29.1. The summed E-state index contributed by atoms with van der Waals surface area (Å²) < 4.78 is 5.38. The summed E-state index contributed by atoms with van der Waals surface area (Å²) in [6.45, 7) is 8.63. The quantitative estimate of drug-likeness (QED) is 0.349. The van der Waals surface area contributed by atoms with Crippen LogP contribution in [0.25, 0.3) is 0 Å². The van der Waals surface area contributed by atoms with Gasteiger partial charge < -0.3 is 26.0 Å². The van der Waals surface area contributed by atoms with Crippen molar-refractivity contribution in [1.29, 1.82) is 0 Å². The second-order valence-corrected chi connectivity index (χ2v) is 13.4. The highest BCUT2D eigenvalue weighted by atomic mass is 16.5. The van der Waals surface area contributed by atoms with Gasteiger partial charge in [-0.05, 0) is 65.4 Å². The number of hydrogen-bond donors (Lipinski definition) is 3. The van der Waals surface area contributed by atoms with E-state index < -0.39 is 41.8 Å². The number of Topliss-reactive ketones (excluding diaryl/α,β-unsaturated/α-hetero) is 1. The standard InChI is InChI=1S/C31H42N4O6/c1-16(2)15-41-30(40)34-24(20-12-18-7-5-6-8-19(18)13-20)29(39)35-14-21-23(31(21,3)4)25(35)28(38)33-22(11-17-9-10-17)26(36)27(32)37/h5-8,16-17,20-25H,9-15H2,1-4H3,(H2,32,37)(H,33,38)(H,34,40)/t21-,22?,23-,24+,25+/m1/s1. The van der Waals surface area contributed by atoms with E-state index in [4.69, 9.17) is 10.5 Å². The van der Waals surface area contributed by atoms with Gasteiger partial charge in [-0.1, -0.05) is 64.8 Å². The van der Waals surface area contributed by atoms with E-state index in [0.29, 0.717) is 25.8 Å². The molecule has 1 aliphatic heterocycles. The topological polar surface area (TPSA) is 148 Å². The number of ether oxygens (including phenoxy) is 1. The molecule has 0 radical (unpaired) electrons. The second kappa shape index (κ2) is 11.1. The monoisotopic (exact) mass is 566 g/mol. The molecule has 10 heteroatoms. The maximum atomic E-state index is 14.3. The van der Waals surface area contributed by atoms with Crippen LogP contribution in [-0.2, 0) is 36.8 Å². The van der Waals surface area contributed by atoms with E-state index in [2.05, 4.69) is 24.5 Å². The van der Waals surface area contributed by atoms with Gasteiger partial charge in [-0.25, -0.2) is 4.79 Å². The number of carbonyl (C=O) groups excluding carboxylic acids is 5. The largest absolute Gasteiger partial charge is 0.449 e. The van der Waals surface area contributed by atoms with Crippen molar-refractivity contribution in [2.45, 2.75) is 77.9 Å². The molecule has 1 saturated heterocycles. The van der Waals surface area contributed by atoms with Crippen molar-refractivity contribution in [3.8, 4) is 0 Å². The molecular formula is C31H42N4O6. The van der Waals surface area contributed by atoms with Gasteiger partial charge in [-0.2, -0.15) is 0 Å². The Bertz CT molecular complexity index is 1220. The molecule has 3 aliphatic carbocycles. The predicted molar refractivity (Wildman–Crippen MR) is 150 cm³/mol. The summed E-state index contributed by atoms with van der Waals surface area (Å²) in [4.78, 5) is 66.8. The van der Waals surface area contributed by atoms with Gasteiger partial charge in [0.15, 0.2) is 0 Å². The Morgan fingerprint density at radius 1 is 1.05 bits per heavy atom. The predicted octanol–water partition coefficient (Wildman–Crippen LogP) is 1.97. The summed E-state index contributed by atoms with van der Waals surface area (Å²) in [6.07, 6.45) is 2.82. The molecule has 4 N–H and O–H groups in total. The van der Waals surface area contributed by atoms with E-state index in [-0.39, 0.29) is 47.5 Å².